The number of hydrogen-bond donors (Lipinski definition) is 1. The number of anilines is 1. The number of nitrogens with zero attached hydrogens (tertiary/aromatic N) is 2. The largest absolute Gasteiger partial charge is 0.354 e. The van der Waals surface area contributed by atoms with Gasteiger partial charge in [0.1, 0.15) is 0 Å². The van der Waals surface area contributed by atoms with E-state index in [1.54, 1.807) is 12.4 Å². The SMILES string of the molecule is Cc1cnc(NCC2CC(F)(F)C2)nc1. The highest BCUT2D eigenvalue weighted by Gasteiger charge is 2.44. The Labute approximate surface area is 86.9 Å². The lowest BCUT2D eigenvalue weighted by Crippen LogP contribution is -2.39. The van der Waals surface area contributed by atoms with Crippen molar-refractivity contribution in [2.75, 3.05) is 11.9 Å². The molecule has 1 heterocycles. The number of hydrogen-bond acceptors (Lipinski definition) is 3. The quantitative estimate of drug-likeness (QED) is 0.836. The first-order valence-corrected chi connectivity index (χ1v) is 4.95. The minimum Gasteiger partial charge on any atom is -0.354 e. The Bertz CT molecular complexity index is 329. The third kappa shape index (κ3) is 2.61. The van der Waals surface area contributed by atoms with Crippen LogP contribution in [0.3, 0.4) is 0 Å². The van der Waals surface area contributed by atoms with Crippen LogP contribution in [0, 0.1) is 12.8 Å². The van der Waals surface area contributed by atoms with E-state index in [0.717, 1.165) is 5.56 Å². The zero-order valence-corrected chi connectivity index (χ0v) is 8.50. The molecule has 0 amide bonds. The third-order valence-electron chi connectivity index (χ3n) is 2.50. The molecule has 1 aliphatic carbocycles. The van der Waals surface area contributed by atoms with Gasteiger partial charge in [0.2, 0.25) is 11.9 Å². The Hall–Kier alpha value is -1.26. The summed E-state index contributed by atoms with van der Waals surface area (Å²) in [6.07, 6.45) is 3.35. The summed E-state index contributed by atoms with van der Waals surface area (Å²) in [5.41, 5.74) is 0.982. The lowest BCUT2D eigenvalue weighted by Gasteiger charge is -2.34. The average molecular weight is 213 g/mol. The van der Waals surface area contributed by atoms with Crippen molar-refractivity contribution in [3.63, 3.8) is 0 Å². The maximum atomic E-state index is 12.5. The fourth-order valence-electron chi connectivity index (χ4n) is 1.65. The summed E-state index contributed by atoms with van der Waals surface area (Å²) in [4.78, 5) is 8.07. The maximum absolute atomic E-state index is 12.5. The van der Waals surface area contributed by atoms with Gasteiger partial charge in [0, 0.05) is 31.8 Å². The van der Waals surface area contributed by atoms with Gasteiger partial charge in [-0.3, -0.25) is 0 Å². The summed E-state index contributed by atoms with van der Waals surface area (Å²) < 4.78 is 25.0. The van der Waals surface area contributed by atoms with E-state index in [9.17, 15) is 8.78 Å². The van der Waals surface area contributed by atoms with Crippen LogP contribution < -0.4 is 5.32 Å². The number of aryl methyl sites for hydroxylation is 1. The Morgan fingerprint density at radius 1 is 1.40 bits per heavy atom. The van der Waals surface area contributed by atoms with Crippen LogP contribution in [0.15, 0.2) is 12.4 Å². The summed E-state index contributed by atoms with van der Waals surface area (Å²) in [5, 5.41) is 2.96. The fourth-order valence-corrected chi connectivity index (χ4v) is 1.65. The van der Waals surface area contributed by atoms with Crippen LogP contribution >= 0.6 is 0 Å². The van der Waals surface area contributed by atoms with Crippen LogP contribution in [0.1, 0.15) is 18.4 Å². The van der Waals surface area contributed by atoms with Gasteiger partial charge >= 0.3 is 0 Å². The minimum atomic E-state index is -2.44. The Kier molecular flexibility index (Phi) is 2.54. The van der Waals surface area contributed by atoms with Crippen molar-refractivity contribution >= 4 is 5.95 Å². The first-order valence-electron chi connectivity index (χ1n) is 4.95. The van der Waals surface area contributed by atoms with Crippen molar-refractivity contribution in [2.45, 2.75) is 25.7 Å². The second-order valence-corrected chi connectivity index (χ2v) is 4.10. The van der Waals surface area contributed by atoms with Crippen LogP contribution in [-0.2, 0) is 0 Å². The molecule has 0 aromatic carbocycles. The Morgan fingerprint density at radius 3 is 2.53 bits per heavy atom. The highest BCUT2D eigenvalue weighted by Crippen LogP contribution is 2.42. The van der Waals surface area contributed by atoms with Gasteiger partial charge in [0.05, 0.1) is 0 Å². The monoisotopic (exact) mass is 213 g/mol. The van der Waals surface area contributed by atoms with E-state index in [2.05, 4.69) is 15.3 Å². The highest BCUT2D eigenvalue weighted by molar-refractivity contribution is 5.24. The van der Waals surface area contributed by atoms with Crippen molar-refractivity contribution in [3.05, 3.63) is 18.0 Å². The third-order valence-corrected chi connectivity index (χ3v) is 2.50. The average Bonchev–Trinajstić information content (AvgIpc) is 2.14. The molecule has 1 saturated carbocycles. The molecule has 0 bridgehead atoms. The summed E-state index contributed by atoms with van der Waals surface area (Å²) >= 11 is 0. The molecule has 1 aliphatic rings. The molecule has 0 radical (unpaired) electrons. The van der Waals surface area contributed by atoms with E-state index in [-0.39, 0.29) is 18.8 Å². The smallest absolute Gasteiger partial charge is 0.248 e. The molecule has 1 aromatic heterocycles. The van der Waals surface area contributed by atoms with Gasteiger partial charge in [0.15, 0.2) is 0 Å². The Balaban J connectivity index is 1.77. The van der Waals surface area contributed by atoms with Gasteiger partial charge in [-0.2, -0.15) is 0 Å². The van der Waals surface area contributed by atoms with Crippen LogP contribution in [0.4, 0.5) is 14.7 Å². The van der Waals surface area contributed by atoms with Gasteiger partial charge in [0.25, 0.3) is 0 Å². The van der Waals surface area contributed by atoms with E-state index in [0.29, 0.717) is 12.5 Å². The van der Waals surface area contributed by atoms with E-state index in [1.807, 2.05) is 6.92 Å². The predicted molar refractivity (Wildman–Crippen MR) is 52.9 cm³/mol. The topological polar surface area (TPSA) is 37.8 Å². The van der Waals surface area contributed by atoms with Crippen LogP contribution in [-0.4, -0.2) is 22.4 Å². The molecule has 1 aromatic rings. The molecule has 0 saturated heterocycles. The highest BCUT2D eigenvalue weighted by atomic mass is 19.3. The lowest BCUT2D eigenvalue weighted by molar-refractivity contribution is -0.106. The molecular formula is C10H13F2N3. The minimum absolute atomic E-state index is 0.0220. The predicted octanol–water partition coefficient (Wildman–Crippen LogP) is 2.24. The van der Waals surface area contributed by atoms with Crippen molar-refractivity contribution in [2.24, 2.45) is 5.92 Å². The van der Waals surface area contributed by atoms with Gasteiger partial charge in [-0.15, -0.1) is 0 Å². The van der Waals surface area contributed by atoms with Crippen LogP contribution in [0.2, 0.25) is 0 Å². The molecule has 5 heteroatoms. The van der Waals surface area contributed by atoms with E-state index in [4.69, 9.17) is 0 Å². The van der Waals surface area contributed by atoms with Gasteiger partial charge < -0.3 is 5.32 Å². The number of rotatable bonds is 3. The molecule has 15 heavy (non-hydrogen) atoms. The van der Waals surface area contributed by atoms with Gasteiger partial charge in [-0.05, 0) is 18.4 Å². The summed E-state index contributed by atoms with van der Waals surface area (Å²) in [6.45, 7) is 2.43. The molecule has 0 aliphatic heterocycles. The fraction of sp³-hybridized carbons (Fsp3) is 0.600. The van der Waals surface area contributed by atoms with Crippen LogP contribution in [0.25, 0.3) is 0 Å². The normalized spacial score (nSPS) is 19.7. The second-order valence-electron chi connectivity index (χ2n) is 4.10. The van der Waals surface area contributed by atoms with Crippen molar-refractivity contribution in [3.8, 4) is 0 Å². The zero-order chi connectivity index (χ0) is 10.9. The summed E-state index contributed by atoms with van der Waals surface area (Å²) in [7, 11) is 0. The van der Waals surface area contributed by atoms with Crippen molar-refractivity contribution < 1.29 is 8.78 Å². The first-order chi connectivity index (χ1) is 7.05. The molecule has 2 rings (SSSR count). The number of nitrogens with one attached hydrogen (secondary N) is 1. The zero-order valence-electron chi connectivity index (χ0n) is 8.50. The van der Waals surface area contributed by atoms with Gasteiger partial charge in [-0.25, -0.2) is 18.7 Å². The molecule has 0 atom stereocenters. The van der Waals surface area contributed by atoms with E-state index < -0.39 is 5.92 Å². The first kappa shape index (κ1) is 10.3. The molecule has 1 fully saturated rings. The van der Waals surface area contributed by atoms with Gasteiger partial charge in [-0.1, -0.05) is 0 Å². The molecule has 0 unspecified atom stereocenters. The van der Waals surface area contributed by atoms with Crippen LogP contribution in [0.5, 0.6) is 0 Å². The van der Waals surface area contributed by atoms with Crippen molar-refractivity contribution in [1.82, 2.24) is 9.97 Å². The number of alkyl halides is 2. The molecular weight excluding hydrogens is 200 g/mol. The lowest BCUT2D eigenvalue weighted by atomic mass is 9.81. The van der Waals surface area contributed by atoms with E-state index >= 15 is 0 Å². The molecule has 0 spiro atoms. The second kappa shape index (κ2) is 3.72. The number of halogens is 2. The molecule has 3 nitrogen and oxygen atoms in total. The number of aromatic nitrogens is 2. The standard InChI is InChI=1S/C10H13F2N3/c1-7-4-13-9(14-5-7)15-6-8-2-10(11,12)3-8/h4-5,8H,2-3,6H2,1H3,(H,13,14,15). The van der Waals surface area contributed by atoms with Crippen molar-refractivity contribution in [1.29, 1.82) is 0 Å². The summed E-state index contributed by atoms with van der Waals surface area (Å²) in [5.74, 6) is -1.89. The Morgan fingerprint density at radius 2 is 2.00 bits per heavy atom. The summed E-state index contributed by atoms with van der Waals surface area (Å²) in [6, 6.07) is 0. The molecule has 82 valence electrons. The maximum Gasteiger partial charge on any atom is 0.248 e. The molecule has 1 N–H and O–H groups in total. The van der Waals surface area contributed by atoms with E-state index in [1.165, 1.54) is 0 Å².